The molecule has 3 aliphatic heterocycles. The molecule has 0 spiro atoms. The summed E-state index contributed by atoms with van der Waals surface area (Å²) in [5.74, 6) is 1.60. The topological polar surface area (TPSA) is 68.4 Å². The number of benzene rings is 2. The molecule has 1 aromatic heterocycles. The van der Waals surface area contributed by atoms with Gasteiger partial charge in [0.2, 0.25) is 0 Å². The Bertz CT molecular complexity index is 1460. The molecule has 3 aromatic rings. The minimum Gasteiger partial charge on any atom is -0.361 e. The molecule has 3 saturated heterocycles. The number of aromatic nitrogens is 1. The highest BCUT2D eigenvalue weighted by atomic mass is 16.2. The molecule has 6 rings (SSSR count). The second-order valence-corrected chi connectivity index (χ2v) is 14.8. The number of hydrogen-bond acceptors (Lipinski definition) is 3. The van der Waals surface area contributed by atoms with Crippen molar-refractivity contribution in [3.8, 4) is 11.3 Å². The molecule has 240 valence electrons. The lowest BCUT2D eigenvalue weighted by atomic mass is 9.76. The largest absolute Gasteiger partial charge is 0.361 e. The van der Waals surface area contributed by atoms with E-state index in [1.165, 1.54) is 46.2 Å². The van der Waals surface area contributed by atoms with Crippen molar-refractivity contribution in [1.29, 1.82) is 0 Å². The fourth-order valence-electron chi connectivity index (χ4n) is 8.36. The maximum Gasteiger partial charge on any atom is 0.317 e. The van der Waals surface area contributed by atoms with Gasteiger partial charge in [0, 0.05) is 42.9 Å². The van der Waals surface area contributed by atoms with E-state index >= 15 is 0 Å². The van der Waals surface area contributed by atoms with Crippen LogP contribution in [0.2, 0.25) is 0 Å². The molecule has 3 fully saturated rings. The molecular formula is C39H52N4O2. The SMILES string of the molecule is Cc1cc(C)cc(-c2[nH]cc(CCC(C)(C)C(=O)C3C4CCN3CC4)c2[C@H](C)CNC(=O)N2CCC(c3ccccc3)CC2)c1. The van der Waals surface area contributed by atoms with Crippen molar-refractivity contribution in [1.82, 2.24) is 20.1 Å². The lowest BCUT2D eigenvalue weighted by molar-refractivity contribution is -0.131. The van der Waals surface area contributed by atoms with Gasteiger partial charge in [-0.15, -0.1) is 0 Å². The molecule has 2 aromatic carbocycles. The number of amides is 2. The van der Waals surface area contributed by atoms with E-state index in [9.17, 15) is 9.59 Å². The molecule has 2 amide bonds. The molecule has 0 saturated carbocycles. The van der Waals surface area contributed by atoms with E-state index in [2.05, 4.69) is 105 Å². The summed E-state index contributed by atoms with van der Waals surface area (Å²) in [7, 11) is 0. The maximum absolute atomic E-state index is 13.8. The zero-order chi connectivity index (χ0) is 31.7. The zero-order valence-electron chi connectivity index (χ0n) is 28.0. The van der Waals surface area contributed by atoms with Gasteiger partial charge in [-0.3, -0.25) is 9.69 Å². The zero-order valence-corrected chi connectivity index (χ0v) is 28.0. The molecule has 3 aliphatic rings. The smallest absolute Gasteiger partial charge is 0.317 e. The summed E-state index contributed by atoms with van der Waals surface area (Å²) in [6, 6.07) is 17.5. The average Bonchev–Trinajstić information content (AvgIpc) is 3.77. The molecule has 1 unspecified atom stereocenters. The minimum atomic E-state index is -0.381. The molecule has 2 atom stereocenters. The second kappa shape index (κ2) is 13.2. The van der Waals surface area contributed by atoms with Crippen LogP contribution in [0.15, 0.2) is 54.7 Å². The van der Waals surface area contributed by atoms with E-state index < -0.39 is 0 Å². The summed E-state index contributed by atoms with van der Waals surface area (Å²) in [5.41, 5.74) is 8.30. The Kier molecular flexibility index (Phi) is 9.24. The van der Waals surface area contributed by atoms with E-state index in [0.29, 0.717) is 24.2 Å². The van der Waals surface area contributed by atoms with Crippen LogP contribution in [0, 0.1) is 25.2 Å². The van der Waals surface area contributed by atoms with Crippen molar-refractivity contribution in [2.24, 2.45) is 11.3 Å². The van der Waals surface area contributed by atoms with Gasteiger partial charge in [-0.1, -0.05) is 68.3 Å². The predicted octanol–water partition coefficient (Wildman–Crippen LogP) is 7.61. The summed E-state index contributed by atoms with van der Waals surface area (Å²) in [6.07, 6.45) is 8.13. The van der Waals surface area contributed by atoms with E-state index in [-0.39, 0.29) is 23.4 Å². The van der Waals surface area contributed by atoms with Crippen LogP contribution in [-0.2, 0) is 11.2 Å². The molecule has 2 bridgehead atoms. The summed E-state index contributed by atoms with van der Waals surface area (Å²) in [4.78, 5) is 35.2. The number of aromatic amines is 1. The first kappa shape index (κ1) is 31.6. The monoisotopic (exact) mass is 608 g/mol. The Morgan fingerprint density at radius 1 is 0.956 bits per heavy atom. The van der Waals surface area contributed by atoms with E-state index in [1.807, 2.05) is 4.90 Å². The van der Waals surface area contributed by atoms with Gasteiger partial charge in [-0.05, 0) is 112 Å². The number of aryl methyl sites for hydroxylation is 3. The Morgan fingerprint density at radius 3 is 2.24 bits per heavy atom. The highest BCUT2D eigenvalue weighted by Gasteiger charge is 2.47. The van der Waals surface area contributed by atoms with Gasteiger partial charge in [0.05, 0.1) is 6.04 Å². The fraction of sp³-hybridized carbons (Fsp3) is 0.538. The lowest BCUT2D eigenvalue weighted by Crippen LogP contribution is -2.45. The first-order valence-electron chi connectivity index (χ1n) is 17.3. The van der Waals surface area contributed by atoms with Crippen molar-refractivity contribution < 1.29 is 9.59 Å². The Balaban J connectivity index is 1.15. The number of nitrogens with one attached hydrogen (secondary N) is 2. The van der Waals surface area contributed by atoms with Crippen LogP contribution in [0.1, 0.15) is 92.5 Å². The number of ketones is 1. The van der Waals surface area contributed by atoms with Gasteiger partial charge < -0.3 is 15.2 Å². The van der Waals surface area contributed by atoms with Gasteiger partial charge >= 0.3 is 6.03 Å². The van der Waals surface area contributed by atoms with Crippen LogP contribution in [0.25, 0.3) is 11.3 Å². The number of likely N-dealkylation sites (tertiary alicyclic amines) is 1. The van der Waals surface area contributed by atoms with Gasteiger partial charge in [0.15, 0.2) is 5.78 Å². The quantitative estimate of drug-likeness (QED) is 0.249. The van der Waals surface area contributed by atoms with Crippen molar-refractivity contribution in [3.63, 3.8) is 0 Å². The average molecular weight is 609 g/mol. The number of carbonyl (C=O) groups excluding carboxylic acids is 2. The number of Topliss-reactive ketones (excluding diaryl/α,β-unsaturated/α-hetero) is 1. The van der Waals surface area contributed by atoms with Crippen LogP contribution >= 0.6 is 0 Å². The summed E-state index contributed by atoms with van der Waals surface area (Å²) >= 11 is 0. The third-order valence-electron chi connectivity index (χ3n) is 11.0. The molecule has 45 heavy (non-hydrogen) atoms. The number of carbonyl (C=O) groups is 2. The number of nitrogens with zero attached hydrogens (tertiary/aromatic N) is 2. The van der Waals surface area contributed by atoms with Crippen LogP contribution in [0.5, 0.6) is 0 Å². The van der Waals surface area contributed by atoms with Crippen LogP contribution in [0.4, 0.5) is 4.79 Å². The molecular weight excluding hydrogens is 556 g/mol. The third-order valence-corrected chi connectivity index (χ3v) is 11.0. The predicted molar refractivity (Wildman–Crippen MR) is 183 cm³/mol. The van der Waals surface area contributed by atoms with Crippen molar-refractivity contribution >= 4 is 11.8 Å². The van der Waals surface area contributed by atoms with E-state index in [4.69, 9.17) is 0 Å². The molecule has 6 nitrogen and oxygen atoms in total. The number of rotatable bonds is 10. The molecule has 6 heteroatoms. The minimum absolute atomic E-state index is 0.0336. The van der Waals surface area contributed by atoms with Gasteiger partial charge in [0.25, 0.3) is 0 Å². The second-order valence-electron chi connectivity index (χ2n) is 14.8. The Morgan fingerprint density at radius 2 is 1.62 bits per heavy atom. The summed E-state index contributed by atoms with van der Waals surface area (Å²) in [6.45, 7) is 15.1. The van der Waals surface area contributed by atoms with Gasteiger partial charge in [0.1, 0.15) is 0 Å². The molecule has 2 N–H and O–H groups in total. The van der Waals surface area contributed by atoms with Crippen LogP contribution < -0.4 is 5.32 Å². The van der Waals surface area contributed by atoms with Crippen LogP contribution in [-0.4, -0.2) is 65.4 Å². The van der Waals surface area contributed by atoms with Crippen molar-refractivity contribution in [2.45, 2.75) is 91.0 Å². The highest BCUT2D eigenvalue weighted by Crippen LogP contribution is 2.41. The van der Waals surface area contributed by atoms with Gasteiger partial charge in [-0.25, -0.2) is 4.79 Å². The third kappa shape index (κ3) is 6.77. The number of urea groups is 1. The molecule has 4 heterocycles. The number of piperidine rings is 2. The number of H-pyrrole nitrogens is 1. The molecule has 0 aliphatic carbocycles. The Hall–Kier alpha value is -3.38. The normalized spacial score (nSPS) is 22.5. The first-order valence-corrected chi connectivity index (χ1v) is 17.3. The van der Waals surface area contributed by atoms with Gasteiger partial charge in [-0.2, -0.15) is 0 Å². The van der Waals surface area contributed by atoms with E-state index in [1.54, 1.807) is 0 Å². The highest BCUT2D eigenvalue weighted by molar-refractivity contribution is 5.90. The van der Waals surface area contributed by atoms with Crippen molar-refractivity contribution in [3.05, 3.63) is 82.5 Å². The van der Waals surface area contributed by atoms with Crippen LogP contribution in [0.3, 0.4) is 0 Å². The Labute approximate surface area is 270 Å². The number of hydrogen-bond donors (Lipinski definition) is 2. The van der Waals surface area contributed by atoms with E-state index in [0.717, 1.165) is 57.6 Å². The number of fused-ring (bicyclic) bond motifs is 2. The standard InChI is InChI=1S/C39H52N4O2/c1-26-21-27(2)23-33(22-26)35-34(28(3)24-41-38(45)43-19-12-30(13-20-43)29-9-7-6-8-10-29)32(25-40-35)11-16-39(4,5)37(44)36-31-14-17-42(36)18-15-31/h6-10,21-23,25,28,30-31,36,40H,11-20,24H2,1-5H3,(H,41,45)/t28-,36?/m1/s1. The first-order chi connectivity index (χ1) is 21.6. The molecule has 0 radical (unpaired) electrons. The summed E-state index contributed by atoms with van der Waals surface area (Å²) in [5, 5.41) is 3.28. The fourth-order valence-corrected chi connectivity index (χ4v) is 8.36. The maximum atomic E-state index is 13.8. The summed E-state index contributed by atoms with van der Waals surface area (Å²) < 4.78 is 0. The van der Waals surface area contributed by atoms with Crippen molar-refractivity contribution in [2.75, 3.05) is 32.7 Å². The lowest BCUT2D eigenvalue weighted by Gasteiger charge is -2.32.